The van der Waals surface area contributed by atoms with Crippen molar-refractivity contribution in [2.45, 2.75) is 18.2 Å². The number of hydrogen-bond acceptors (Lipinski definition) is 5. The third kappa shape index (κ3) is 2.91. The maximum absolute atomic E-state index is 13.2. The minimum atomic E-state index is -3.52. The molecule has 6 nitrogen and oxygen atoms in total. The third-order valence-electron chi connectivity index (χ3n) is 4.22. The van der Waals surface area contributed by atoms with Gasteiger partial charge in [-0.3, -0.25) is 0 Å². The van der Waals surface area contributed by atoms with Crippen molar-refractivity contribution >= 4 is 26.6 Å². The average Bonchev–Trinajstić information content (AvgIpc) is 2.84. The van der Waals surface area contributed by atoms with E-state index < -0.39 is 10.0 Å². The third-order valence-corrected chi connectivity index (χ3v) is 6.16. The Morgan fingerprint density at radius 2 is 2.09 bits per heavy atom. The van der Waals surface area contributed by atoms with Crippen LogP contribution in [0.2, 0.25) is 0 Å². The van der Waals surface area contributed by atoms with Crippen LogP contribution in [0.15, 0.2) is 29.3 Å². The maximum Gasteiger partial charge on any atom is 0.243 e. The number of nitrogens with zero attached hydrogens (tertiary/aromatic N) is 2. The first-order valence-corrected chi connectivity index (χ1v) is 9.26. The molecule has 1 fully saturated rings. The molecule has 23 heavy (non-hydrogen) atoms. The number of aromatic nitrogens is 1. The zero-order valence-corrected chi connectivity index (χ0v) is 14.3. The summed E-state index contributed by atoms with van der Waals surface area (Å²) >= 11 is 0. The Balaban J connectivity index is 2.19. The fourth-order valence-electron chi connectivity index (χ4n) is 3.05. The number of aryl methyl sites for hydroxylation is 1. The van der Waals surface area contributed by atoms with Crippen LogP contribution in [0.1, 0.15) is 12.0 Å². The number of hydrogen-bond donors (Lipinski definition) is 2. The van der Waals surface area contributed by atoms with Gasteiger partial charge in [0.2, 0.25) is 10.0 Å². The van der Waals surface area contributed by atoms with Crippen molar-refractivity contribution in [2.24, 2.45) is 0 Å². The Labute approximate surface area is 137 Å². The first kappa shape index (κ1) is 16.2. The zero-order valence-electron chi connectivity index (χ0n) is 13.5. The molecule has 0 unspecified atom stereocenters. The van der Waals surface area contributed by atoms with Crippen molar-refractivity contribution in [3.63, 3.8) is 0 Å². The molecule has 0 bridgehead atoms. The Morgan fingerprint density at radius 1 is 1.26 bits per heavy atom. The smallest absolute Gasteiger partial charge is 0.243 e. The summed E-state index contributed by atoms with van der Waals surface area (Å²) in [6.07, 6.45) is 2.55. The van der Waals surface area contributed by atoms with E-state index in [0.29, 0.717) is 30.3 Å². The van der Waals surface area contributed by atoms with Crippen LogP contribution in [0.3, 0.4) is 0 Å². The largest absolute Gasteiger partial charge is 0.373 e. The molecule has 0 radical (unpaired) electrons. The highest BCUT2D eigenvalue weighted by atomic mass is 32.2. The SMILES string of the molecule is CNc1ncc(C)c2c(S(=O)(=O)N3CCCNCC3)cccc12. The van der Waals surface area contributed by atoms with Gasteiger partial charge in [0.25, 0.3) is 0 Å². The van der Waals surface area contributed by atoms with Crippen molar-refractivity contribution in [1.82, 2.24) is 14.6 Å². The molecule has 2 N–H and O–H groups in total. The molecular weight excluding hydrogens is 312 g/mol. The lowest BCUT2D eigenvalue weighted by atomic mass is 10.1. The molecule has 0 aliphatic carbocycles. The zero-order chi connectivity index (χ0) is 16.4. The second kappa shape index (κ2) is 6.43. The summed E-state index contributed by atoms with van der Waals surface area (Å²) in [7, 11) is -1.73. The number of benzene rings is 1. The summed E-state index contributed by atoms with van der Waals surface area (Å²) in [6, 6.07) is 5.39. The van der Waals surface area contributed by atoms with E-state index in [2.05, 4.69) is 15.6 Å². The Morgan fingerprint density at radius 3 is 2.87 bits per heavy atom. The van der Waals surface area contributed by atoms with Gasteiger partial charge in [0.15, 0.2) is 0 Å². The molecule has 1 aromatic heterocycles. The van der Waals surface area contributed by atoms with Gasteiger partial charge in [-0.2, -0.15) is 4.31 Å². The molecule has 1 saturated heterocycles. The molecule has 0 spiro atoms. The van der Waals surface area contributed by atoms with E-state index in [-0.39, 0.29) is 0 Å². The van der Waals surface area contributed by atoms with Crippen molar-refractivity contribution < 1.29 is 8.42 Å². The lowest BCUT2D eigenvalue weighted by Crippen LogP contribution is -2.34. The van der Waals surface area contributed by atoms with E-state index in [1.54, 1.807) is 29.7 Å². The molecule has 1 aromatic carbocycles. The Bertz CT molecular complexity index is 812. The summed E-state index contributed by atoms with van der Waals surface area (Å²) < 4.78 is 27.9. The van der Waals surface area contributed by atoms with Crippen molar-refractivity contribution in [1.29, 1.82) is 0 Å². The lowest BCUT2D eigenvalue weighted by Gasteiger charge is -2.21. The number of rotatable bonds is 3. The molecular formula is C16H22N4O2S. The highest BCUT2D eigenvalue weighted by Crippen LogP contribution is 2.31. The van der Waals surface area contributed by atoms with E-state index in [1.165, 1.54) is 0 Å². The fourth-order valence-corrected chi connectivity index (χ4v) is 4.80. The molecule has 2 aromatic rings. The first-order chi connectivity index (χ1) is 11.1. The second-order valence-electron chi connectivity index (χ2n) is 5.73. The van der Waals surface area contributed by atoms with Crippen LogP contribution in [-0.4, -0.2) is 50.9 Å². The number of fused-ring (bicyclic) bond motifs is 1. The molecule has 7 heteroatoms. The highest BCUT2D eigenvalue weighted by Gasteiger charge is 2.27. The monoisotopic (exact) mass is 334 g/mol. The lowest BCUT2D eigenvalue weighted by molar-refractivity contribution is 0.432. The normalized spacial score (nSPS) is 17.1. The molecule has 0 saturated carbocycles. The van der Waals surface area contributed by atoms with Gasteiger partial charge >= 0.3 is 0 Å². The van der Waals surface area contributed by atoms with Crippen LogP contribution in [0, 0.1) is 6.92 Å². The van der Waals surface area contributed by atoms with Crippen LogP contribution in [-0.2, 0) is 10.0 Å². The number of nitrogens with one attached hydrogen (secondary N) is 2. The maximum atomic E-state index is 13.2. The van der Waals surface area contributed by atoms with Gasteiger partial charge < -0.3 is 10.6 Å². The van der Waals surface area contributed by atoms with Crippen LogP contribution >= 0.6 is 0 Å². The number of sulfonamides is 1. The van der Waals surface area contributed by atoms with E-state index in [1.807, 2.05) is 13.0 Å². The molecule has 2 heterocycles. The van der Waals surface area contributed by atoms with Gasteiger partial charge in [0.05, 0.1) is 4.90 Å². The summed E-state index contributed by atoms with van der Waals surface area (Å²) in [5.41, 5.74) is 0.867. The first-order valence-electron chi connectivity index (χ1n) is 7.82. The molecule has 3 rings (SSSR count). The van der Waals surface area contributed by atoms with E-state index in [9.17, 15) is 8.42 Å². The summed E-state index contributed by atoms with van der Waals surface area (Å²) in [5.74, 6) is 0.695. The fraction of sp³-hybridized carbons (Fsp3) is 0.438. The van der Waals surface area contributed by atoms with Crippen LogP contribution < -0.4 is 10.6 Å². The van der Waals surface area contributed by atoms with Gasteiger partial charge in [-0.05, 0) is 31.5 Å². The van der Waals surface area contributed by atoms with Gasteiger partial charge in [-0.1, -0.05) is 12.1 Å². The van der Waals surface area contributed by atoms with E-state index in [4.69, 9.17) is 0 Å². The predicted octanol–water partition coefficient (Wildman–Crippen LogP) is 1.57. The quantitative estimate of drug-likeness (QED) is 0.891. The van der Waals surface area contributed by atoms with Gasteiger partial charge in [0, 0.05) is 43.7 Å². The summed E-state index contributed by atoms with van der Waals surface area (Å²) in [4.78, 5) is 4.71. The predicted molar refractivity (Wildman–Crippen MR) is 92.3 cm³/mol. The minimum absolute atomic E-state index is 0.369. The van der Waals surface area contributed by atoms with E-state index >= 15 is 0 Å². The molecule has 124 valence electrons. The van der Waals surface area contributed by atoms with Crippen molar-refractivity contribution in [2.75, 3.05) is 38.5 Å². The Kier molecular flexibility index (Phi) is 4.52. The van der Waals surface area contributed by atoms with Gasteiger partial charge in [-0.25, -0.2) is 13.4 Å². The van der Waals surface area contributed by atoms with Gasteiger partial charge in [-0.15, -0.1) is 0 Å². The molecule has 1 aliphatic heterocycles. The van der Waals surface area contributed by atoms with E-state index in [0.717, 1.165) is 29.3 Å². The highest BCUT2D eigenvalue weighted by molar-refractivity contribution is 7.89. The van der Waals surface area contributed by atoms with Crippen LogP contribution in [0.5, 0.6) is 0 Å². The van der Waals surface area contributed by atoms with Gasteiger partial charge in [0.1, 0.15) is 5.82 Å². The molecule has 1 aliphatic rings. The van der Waals surface area contributed by atoms with Crippen molar-refractivity contribution in [3.8, 4) is 0 Å². The topological polar surface area (TPSA) is 74.3 Å². The number of anilines is 1. The van der Waals surface area contributed by atoms with Crippen molar-refractivity contribution in [3.05, 3.63) is 30.0 Å². The minimum Gasteiger partial charge on any atom is -0.373 e. The van der Waals surface area contributed by atoms with Crippen LogP contribution in [0.25, 0.3) is 10.8 Å². The molecule has 0 atom stereocenters. The summed E-state index contributed by atoms with van der Waals surface area (Å²) in [6.45, 7) is 4.49. The second-order valence-corrected chi connectivity index (χ2v) is 7.63. The standard InChI is InChI=1S/C16H22N4O2S/c1-12-11-19-16(17-2)13-5-3-6-14(15(12)13)23(21,22)20-9-4-7-18-8-10-20/h3,5-6,11,18H,4,7-10H2,1-2H3,(H,17,19). The Hall–Kier alpha value is -1.70. The molecule has 0 amide bonds. The summed E-state index contributed by atoms with van der Waals surface area (Å²) in [5, 5.41) is 7.87. The van der Waals surface area contributed by atoms with Crippen LogP contribution in [0.4, 0.5) is 5.82 Å². The number of pyridine rings is 1. The average molecular weight is 334 g/mol.